The molecule has 5 N–H and O–H groups in total. The minimum absolute atomic E-state index is 0.248. The molecule has 0 aliphatic heterocycles. The number of hydrogen-bond acceptors (Lipinski definition) is 7. The largest absolute Gasteiger partial charge is 0.338 e. The van der Waals surface area contributed by atoms with Gasteiger partial charge in [0.25, 0.3) is 0 Å². The number of aryl methyl sites for hydroxylation is 1. The summed E-state index contributed by atoms with van der Waals surface area (Å²) in [6.45, 7) is 4.34. The molecule has 0 bridgehead atoms. The van der Waals surface area contributed by atoms with Gasteiger partial charge >= 0.3 is 6.03 Å². The number of H-pyrrole nitrogens is 1. The van der Waals surface area contributed by atoms with Crippen LogP contribution in [0.1, 0.15) is 12.6 Å². The highest BCUT2D eigenvalue weighted by Crippen LogP contribution is 2.22. The monoisotopic (exact) mass is 429 g/mol. The van der Waals surface area contributed by atoms with E-state index in [-0.39, 0.29) is 6.03 Å². The first-order valence-corrected chi connectivity index (χ1v) is 10.1. The average Bonchev–Trinajstić information content (AvgIpc) is 3.20. The van der Waals surface area contributed by atoms with Gasteiger partial charge in [0.15, 0.2) is 11.6 Å². The molecule has 32 heavy (non-hydrogen) atoms. The fourth-order valence-corrected chi connectivity index (χ4v) is 2.90. The highest BCUT2D eigenvalue weighted by molar-refractivity contribution is 5.89. The number of rotatable bonds is 7. The fraction of sp³-hybridized carbons (Fsp3) is 0.136. The number of aromatic nitrogens is 5. The van der Waals surface area contributed by atoms with Crippen molar-refractivity contribution in [2.45, 2.75) is 13.8 Å². The molecule has 0 atom stereocenters. The predicted octanol–water partition coefficient (Wildman–Crippen LogP) is 4.20. The Hall–Kier alpha value is -4.47. The van der Waals surface area contributed by atoms with Gasteiger partial charge in [0.05, 0.1) is 0 Å². The third-order valence-corrected chi connectivity index (χ3v) is 4.35. The molecule has 0 saturated carbocycles. The lowest BCUT2D eigenvalue weighted by Crippen LogP contribution is -2.28. The summed E-state index contributed by atoms with van der Waals surface area (Å²) in [5.74, 6) is 1.87. The second kappa shape index (κ2) is 9.56. The second-order valence-electron chi connectivity index (χ2n) is 6.92. The summed E-state index contributed by atoms with van der Waals surface area (Å²) in [6.07, 6.45) is 0. The Morgan fingerprint density at radius 1 is 0.906 bits per heavy atom. The van der Waals surface area contributed by atoms with E-state index < -0.39 is 0 Å². The first-order valence-electron chi connectivity index (χ1n) is 10.1. The zero-order chi connectivity index (χ0) is 22.3. The van der Waals surface area contributed by atoms with Crippen molar-refractivity contribution in [3.05, 3.63) is 66.4 Å². The molecule has 4 rings (SSSR count). The smallest absolute Gasteiger partial charge is 0.319 e. The number of hydrogen-bond donors (Lipinski definition) is 5. The predicted molar refractivity (Wildman–Crippen MR) is 124 cm³/mol. The highest BCUT2D eigenvalue weighted by atomic mass is 16.2. The fourth-order valence-electron chi connectivity index (χ4n) is 2.90. The zero-order valence-electron chi connectivity index (χ0n) is 17.7. The Morgan fingerprint density at radius 2 is 1.59 bits per heavy atom. The molecule has 0 fully saturated rings. The molecule has 10 nitrogen and oxygen atoms in total. The van der Waals surface area contributed by atoms with Gasteiger partial charge in [-0.2, -0.15) is 20.1 Å². The van der Waals surface area contributed by atoms with Gasteiger partial charge in [-0.15, -0.1) is 0 Å². The van der Waals surface area contributed by atoms with E-state index in [4.69, 9.17) is 0 Å². The van der Waals surface area contributed by atoms with Crippen LogP contribution in [0.2, 0.25) is 0 Å². The molecular weight excluding hydrogens is 406 g/mol. The van der Waals surface area contributed by atoms with Crippen LogP contribution >= 0.6 is 0 Å². The molecule has 0 spiro atoms. The minimum atomic E-state index is -0.248. The van der Waals surface area contributed by atoms with Crippen molar-refractivity contribution >= 4 is 35.1 Å². The summed E-state index contributed by atoms with van der Waals surface area (Å²) >= 11 is 0. The van der Waals surface area contributed by atoms with Crippen LogP contribution < -0.4 is 21.3 Å². The van der Waals surface area contributed by atoms with Crippen molar-refractivity contribution in [3.63, 3.8) is 0 Å². The Balaban J connectivity index is 1.58. The standard InChI is InChI=1S/C22H23N9O/c1-3-23-22(32)25-17-11-9-16(10-12-17)24-20-27-19(15-7-5-4-6-8-15)28-21(29-20)26-18-13-14(2)30-31-18/h4-13H,3H2,1-2H3,(H2,23,25,32)(H3,24,26,27,28,29,30,31). The van der Waals surface area contributed by atoms with Crippen molar-refractivity contribution in [2.24, 2.45) is 0 Å². The Morgan fingerprint density at radius 3 is 2.25 bits per heavy atom. The summed E-state index contributed by atoms with van der Waals surface area (Å²) in [4.78, 5) is 25.2. The lowest BCUT2D eigenvalue weighted by molar-refractivity contribution is 0.252. The van der Waals surface area contributed by atoms with Gasteiger partial charge in [0.1, 0.15) is 0 Å². The summed E-state index contributed by atoms with van der Waals surface area (Å²) < 4.78 is 0. The number of carbonyl (C=O) groups is 1. The van der Waals surface area contributed by atoms with Gasteiger partial charge in [-0.3, -0.25) is 5.10 Å². The van der Waals surface area contributed by atoms with Gasteiger partial charge in [-0.25, -0.2) is 4.79 Å². The quantitative estimate of drug-likeness (QED) is 0.297. The SMILES string of the molecule is CCNC(=O)Nc1ccc(Nc2nc(Nc3cc(C)[nH]n3)nc(-c3ccccc3)n2)cc1. The molecule has 162 valence electrons. The second-order valence-corrected chi connectivity index (χ2v) is 6.92. The van der Waals surface area contributed by atoms with Gasteiger partial charge in [0.2, 0.25) is 11.9 Å². The molecule has 0 aliphatic carbocycles. The van der Waals surface area contributed by atoms with Crippen LogP contribution in [0.4, 0.5) is 33.9 Å². The van der Waals surface area contributed by atoms with Crippen LogP contribution in [-0.2, 0) is 0 Å². The van der Waals surface area contributed by atoms with E-state index >= 15 is 0 Å². The summed E-state index contributed by atoms with van der Waals surface area (Å²) in [7, 11) is 0. The molecule has 2 heterocycles. The van der Waals surface area contributed by atoms with Crippen molar-refractivity contribution < 1.29 is 4.79 Å². The highest BCUT2D eigenvalue weighted by Gasteiger charge is 2.11. The summed E-state index contributed by atoms with van der Waals surface area (Å²) in [6, 6.07) is 18.5. The maximum atomic E-state index is 11.7. The third-order valence-electron chi connectivity index (χ3n) is 4.35. The van der Waals surface area contributed by atoms with Crippen molar-refractivity contribution in [3.8, 4) is 11.4 Å². The van der Waals surface area contributed by atoms with Crippen molar-refractivity contribution in [2.75, 3.05) is 22.5 Å². The van der Waals surface area contributed by atoms with E-state index in [1.165, 1.54) is 0 Å². The molecule has 0 aliphatic rings. The van der Waals surface area contributed by atoms with Crippen LogP contribution in [0.25, 0.3) is 11.4 Å². The molecule has 0 radical (unpaired) electrons. The van der Waals surface area contributed by atoms with E-state index in [1.54, 1.807) is 12.1 Å². The van der Waals surface area contributed by atoms with Crippen LogP contribution in [-0.4, -0.2) is 37.7 Å². The van der Waals surface area contributed by atoms with Crippen molar-refractivity contribution in [1.82, 2.24) is 30.5 Å². The lowest BCUT2D eigenvalue weighted by Gasteiger charge is -2.10. The molecule has 0 saturated heterocycles. The van der Waals surface area contributed by atoms with Crippen LogP contribution in [0.3, 0.4) is 0 Å². The Labute approximate surface area is 184 Å². The summed E-state index contributed by atoms with van der Waals surface area (Å²) in [5, 5.41) is 18.8. The first kappa shape index (κ1) is 20.8. The molecule has 2 aromatic carbocycles. The van der Waals surface area contributed by atoms with E-state index in [9.17, 15) is 4.79 Å². The Bertz CT molecular complexity index is 1190. The topological polar surface area (TPSA) is 133 Å². The van der Waals surface area contributed by atoms with E-state index in [0.29, 0.717) is 35.8 Å². The van der Waals surface area contributed by atoms with Crippen LogP contribution in [0.15, 0.2) is 60.7 Å². The van der Waals surface area contributed by atoms with E-state index in [0.717, 1.165) is 16.9 Å². The van der Waals surface area contributed by atoms with Crippen LogP contribution in [0.5, 0.6) is 0 Å². The van der Waals surface area contributed by atoms with Gasteiger partial charge in [-0.1, -0.05) is 30.3 Å². The number of urea groups is 1. The van der Waals surface area contributed by atoms with Gasteiger partial charge in [-0.05, 0) is 38.1 Å². The maximum absolute atomic E-state index is 11.7. The number of nitrogens with one attached hydrogen (secondary N) is 5. The number of anilines is 5. The molecule has 4 aromatic rings. The number of aromatic amines is 1. The zero-order valence-corrected chi connectivity index (χ0v) is 17.7. The van der Waals surface area contributed by atoms with E-state index in [2.05, 4.69) is 46.4 Å². The van der Waals surface area contributed by atoms with Gasteiger partial charge < -0.3 is 21.3 Å². The average molecular weight is 429 g/mol. The summed E-state index contributed by atoms with van der Waals surface area (Å²) in [5.41, 5.74) is 3.22. The third kappa shape index (κ3) is 5.36. The molecule has 10 heteroatoms. The number of benzene rings is 2. The number of nitrogens with zero attached hydrogens (tertiary/aromatic N) is 4. The van der Waals surface area contributed by atoms with Gasteiger partial charge in [0, 0.05) is 35.2 Å². The number of amides is 2. The van der Waals surface area contributed by atoms with Crippen LogP contribution in [0, 0.1) is 6.92 Å². The first-order chi connectivity index (χ1) is 15.6. The van der Waals surface area contributed by atoms with Crippen molar-refractivity contribution in [1.29, 1.82) is 0 Å². The minimum Gasteiger partial charge on any atom is -0.338 e. The Kier molecular flexibility index (Phi) is 6.21. The molecular formula is C22H23N9O. The number of carbonyl (C=O) groups excluding carboxylic acids is 1. The maximum Gasteiger partial charge on any atom is 0.319 e. The normalized spacial score (nSPS) is 10.4. The molecule has 2 amide bonds. The molecule has 2 aromatic heterocycles. The lowest BCUT2D eigenvalue weighted by atomic mass is 10.2. The van der Waals surface area contributed by atoms with E-state index in [1.807, 2.05) is 62.4 Å². The molecule has 0 unspecified atom stereocenters.